The number of piperazine rings is 2. The number of anilines is 2. The lowest BCUT2D eigenvalue weighted by Gasteiger charge is -2.60. The first-order chi connectivity index (χ1) is 43.0. The molecule has 4 N–H and O–H groups in total. The molecule has 0 amide bonds. The topological polar surface area (TPSA) is 273 Å². The van der Waals surface area contributed by atoms with Crippen molar-refractivity contribution < 1.29 is 76.2 Å². The number of fused-ring (bicyclic) bond motifs is 7. The highest BCUT2D eigenvalue weighted by Gasteiger charge is 2.68. The van der Waals surface area contributed by atoms with E-state index in [4.69, 9.17) is 28.4 Å². The van der Waals surface area contributed by atoms with E-state index < -0.39 is 119 Å². The summed E-state index contributed by atoms with van der Waals surface area (Å²) >= 11 is 0. The summed E-state index contributed by atoms with van der Waals surface area (Å²) in [6.07, 6.45) is 6.43. The van der Waals surface area contributed by atoms with Crippen molar-refractivity contribution in [3.05, 3.63) is 79.4 Å². The van der Waals surface area contributed by atoms with E-state index in [2.05, 4.69) is 17.6 Å². The van der Waals surface area contributed by atoms with Crippen LogP contribution in [0.4, 0.5) is 20.2 Å². The number of rotatable bonds is 19. The molecule has 0 bridgehead atoms. The van der Waals surface area contributed by atoms with Gasteiger partial charge in [-0.25, -0.2) is 18.4 Å². The Morgan fingerprint density at radius 3 is 1.73 bits per heavy atom. The number of allylic oxidation sites excluding steroid dienone is 1. The number of esters is 4. The van der Waals surface area contributed by atoms with Crippen molar-refractivity contribution in [1.29, 1.82) is 0 Å². The zero-order valence-electron chi connectivity index (χ0n) is 51.8. The van der Waals surface area contributed by atoms with Gasteiger partial charge in [-0.1, -0.05) is 19.4 Å². The van der Waals surface area contributed by atoms with Crippen LogP contribution >= 0.6 is 0 Å². The van der Waals surface area contributed by atoms with E-state index in [-0.39, 0.29) is 99.6 Å². The summed E-state index contributed by atoms with van der Waals surface area (Å²) in [6, 6.07) is 1.87. The lowest BCUT2D eigenvalue weighted by molar-refractivity contribution is -0.184. The molecular formula is C66H80F2N6O16. The largest absolute Gasteiger partial charge is 0.492 e. The third-order valence-electron chi connectivity index (χ3n) is 21.0. The summed E-state index contributed by atoms with van der Waals surface area (Å²) in [5.74, 6) is -6.64. The Morgan fingerprint density at radius 1 is 0.711 bits per heavy atom. The molecule has 4 aromatic rings. The maximum atomic E-state index is 16.3. The Balaban J connectivity index is 0.764. The smallest absolute Gasteiger partial charge is 0.343 e. The molecule has 0 spiro atoms. The Labute approximate surface area is 518 Å². The van der Waals surface area contributed by atoms with Gasteiger partial charge in [0.15, 0.2) is 41.6 Å². The molecule has 9 atom stereocenters. The number of hydrogen-bond acceptors (Lipinski definition) is 20. The summed E-state index contributed by atoms with van der Waals surface area (Å²) < 4.78 is 70.2. The first-order valence-electron chi connectivity index (χ1n) is 31.7. The summed E-state index contributed by atoms with van der Waals surface area (Å²) in [4.78, 5) is 114. The van der Waals surface area contributed by atoms with E-state index in [1.165, 1.54) is 26.6 Å². The van der Waals surface area contributed by atoms with Crippen molar-refractivity contribution in [1.82, 2.24) is 19.8 Å². The number of nitrogens with one attached hydrogen (secondary N) is 2. The Hall–Kier alpha value is -7.28. The zero-order valence-corrected chi connectivity index (χ0v) is 51.8. The van der Waals surface area contributed by atoms with Gasteiger partial charge in [0.05, 0.1) is 55.0 Å². The maximum absolute atomic E-state index is 16.3. The third-order valence-corrected chi connectivity index (χ3v) is 21.0. The number of nitrogens with zero attached hydrogens (tertiary/aromatic N) is 4. The van der Waals surface area contributed by atoms with Crippen LogP contribution in [0.25, 0.3) is 21.8 Å². The first kappa shape index (κ1) is 62.9. The number of halogens is 2. The highest BCUT2D eigenvalue weighted by atomic mass is 19.1. The molecule has 3 unspecified atom stereocenters. The van der Waals surface area contributed by atoms with Crippen molar-refractivity contribution in [2.24, 2.45) is 28.6 Å². The summed E-state index contributed by atoms with van der Waals surface area (Å²) in [7, 11) is 2.77. The van der Waals surface area contributed by atoms with E-state index in [0.717, 1.165) is 17.7 Å². The molecule has 484 valence electrons. The Morgan fingerprint density at radius 2 is 1.23 bits per heavy atom. The summed E-state index contributed by atoms with van der Waals surface area (Å²) in [6.45, 7) is 8.35. The number of benzene rings is 2. The van der Waals surface area contributed by atoms with Crippen molar-refractivity contribution >= 4 is 68.6 Å². The van der Waals surface area contributed by atoms with Crippen LogP contribution in [0.1, 0.15) is 144 Å². The number of aromatic nitrogens is 2. The quantitative estimate of drug-likeness (QED) is 0.0626. The van der Waals surface area contributed by atoms with E-state index in [1.54, 1.807) is 15.2 Å². The molecule has 0 radical (unpaired) electrons. The van der Waals surface area contributed by atoms with Crippen LogP contribution in [0.2, 0.25) is 0 Å². The van der Waals surface area contributed by atoms with Gasteiger partial charge >= 0.3 is 23.9 Å². The van der Waals surface area contributed by atoms with Crippen LogP contribution in [-0.2, 0) is 38.1 Å². The van der Waals surface area contributed by atoms with Crippen molar-refractivity contribution in [3.8, 4) is 11.5 Å². The number of hydrogen-bond donors (Lipinski definition) is 4. The lowest BCUT2D eigenvalue weighted by atomic mass is 9.45. The van der Waals surface area contributed by atoms with E-state index >= 15 is 8.78 Å². The molecule has 5 saturated carbocycles. The normalized spacial score (nSPS) is 28.5. The van der Waals surface area contributed by atoms with Gasteiger partial charge < -0.3 is 68.2 Å². The molecule has 6 aliphatic carbocycles. The van der Waals surface area contributed by atoms with Gasteiger partial charge in [-0.15, -0.1) is 0 Å². The average molecular weight is 1250 g/mol. The van der Waals surface area contributed by atoms with Gasteiger partial charge in [-0.05, 0) is 119 Å². The minimum atomic E-state index is -1.94. The van der Waals surface area contributed by atoms with E-state index in [9.17, 15) is 48.6 Å². The molecule has 7 fully saturated rings. The van der Waals surface area contributed by atoms with Crippen LogP contribution in [0.3, 0.4) is 0 Å². The Bertz CT molecular complexity index is 3600. The van der Waals surface area contributed by atoms with Crippen molar-refractivity contribution in [3.63, 3.8) is 0 Å². The Kier molecular flexibility index (Phi) is 17.1. The van der Waals surface area contributed by atoms with Gasteiger partial charge in [-0.2, -0.15) is 0 Å². The summed E-state index contributed by atoms with van der Waals surface area (Å²) in [5, 5.41) is 30.5. The van der Waals surface area contributed by atoms with Crippen LogP contribution in [-0.4, -0.2) is 158 Å². The fourth-order valence-corrected chi connectivity index (χ4v) is 16.3. The molecule has 8 aliphatic rings. The molecule has 2 aromatic carbocycles. The maximum Gasteiger partial charge on any atom is 0.343 e. The SMILES string of the molecule is COc1c(N2CCNC(C)C2)c(F)cc2c(=O)c(C(=O)OCC(COC(=O)c3cn(C4CC4)c4c(OC)c(N5CCNC(C)C5)c(F)cc4c3=O)OC(=O)CCC(=O)OCC(=O)[C@@]3(O)CC[C@H]4[C@@H]5CCC6=CC(=O)CC[C@]6(C)C5[C@@H](O)C[C@@]43C)cn(C3CC3)c12. The predicted molar refractivity (Wildman–Crippen MR) is 324 cm³/mol. The average Bonchev–Trinajstić information content (AvgIpc) is 1.17. The van der Waals surface area contributed by atoms with Crippen LogP contribution < -0.4 is 40.8 Å². The standard InChI is InChI=1S/C66H80F2N6O16/c1-34-27-71(21-19-69-34)56-47(67)24-42-54(60(56)85-5)73(37-8-9-37)29-44(58(42)80)62(82)88-31-40(32-89-63(83)45-30-74(38-10-11-38)55-43(59(45)81)25-48(68)57(61(55)86-6)72-22-20-70-35(2)28-72)90-52(79)14-13-51(78)87-33-50(77)66(84)18-16-46-41-12-7-36-23-39(75)15-17-64(36,3)53(41)49(76)26-65(46,66)4/h23-25,29-30,34-35,37-38,40-41,46,49,53,69-70,76,84H,7-22,26-28,31-33H2,1-6H3/t34?,35?,40?,41-,46-,49-,53?,64-,65-,66-/m0/s1. The van der Waals surface area contributed by atoms with Gasteiger partial charge in [0.25, 0.3) is 0 Å². The van der Waals surface area contributed by atoms with Gasteiger partial charge in [0.1, 0.15) is 41.3 Å². The molecule has 22 nitrogen and oxygen atoms in total. The van der Waals surface area contributed by atoms with Gasteiger partial charge in [0, 0.05) is 87.7 Å². The van der Waals surface area contributed by atoms with Crippen molar-refractivity contribution in [2.75, 3.05) is 83.1 Å². The van der Waals surface area contributed by atoms with E-state index in [1.807, 2.05) is 30.6 Å². The van der Waals surface area contributed by atoms with Gasteiger partial charge in [-0.3, -0.25) is 28.8 Å². The molecule has 2 saturated heterocycles. The number of ether oxygens (including phenoxy) is 6. The van der Waals surface area contributed by atoms with Crippen molar-refractivity contribution in [2.45, 2.75) is 153 Å². The third kappa shape index (κ3) is 11.2. The number of carbonyl (C=O) groups excluding carboxylic acids is 6. The number of aliphatic hydroxyl groups is 2. The predicted octanol–water partition coefficient (Wildman–Crippen LogP) is 5.93. The highest BCUT2D eigenvalue weighted by Crippen LogP contribution is 2.68. The molecule has 2 aromatic heterocycles. The molecule has 4 heterocycles. The number of aliphatic hydroxyl groups excluding tert-OH is 1. The minimum absolute atomic E-state index is 0.0170. The molecule has 90 heavy (non-hydrogen) atoms. The van der Waals surface area contributed by atoms with Crippen LogP contribution in [0.15, 0.2) is 45.8 Å². The first-order valence-corrected chi connectivity index (χ1v) is 31.7. The molecule has 24 heteroatoms. The van der Waals surface area contributed by atoms with Gasteiger partial charge in [0.2, 0.25) is 16.6 Å². The second kappa shape index (κ2) is 24.4. The lowest BCUT2D eigenvalue weighted by Crippen LogP contribution is -2.62. The number of Topliss-reactive ketones (excluding diaryl/α,β-unsaturated/α-hetero) is 1. The molecular weight excluding hydrogens is 1170 g/mol. The molecule has 2 aliphatic heterocycles. The van der Waals surface area contributed by atoms with Crippen LogP contribution in [0, 0.1) is 40.2 Å². The number of ketones is 2. The zero-order chi connectivity index (χ0) is 63.9. The monoisotopic (exact) mass is 1250 g/mol. The fraction of sp³-hybridized carbons (Fsp3) is 0.606. The second-order valence-electron chi connectivity index (χ2n) is 26.8. The highest BCUT2D eigenvalue weighted by molar-refractivity contribution is 5.99. The fourth-order valence-electron chi connectivity index (χ4n) is 16.3. The van der Waals surface area contributed by atoms with E-state index in [0.29, 0.717) is 108 Å². The number of pyridine rings is 2. The second-order valence-corrected chi connectivity index (χ2v) is 26.8. The van der Waals surface area contributed by atoms with Crippen LogP contribution in [0.5, 0.6) is 11.5 Å². The molecule has 12 rings (SSSR count). The number of carbonyl (C=O) groups is 6. The minimum Gasteiger partial charge on any atom is -0.492 e. The number of methoxy groups -OCH3 is 2. The summed E-state index contributed by atoms with van der Waals surface area (Å²) in [5.41, 5.74) is -4.09.